The highest BCUT2D eigenvalue weighted by molar-refractivity contribution is 5.75. The second-order valence-electron chi connectivity index (χ2n) is 4.18. The minimum atomic E-state index is -0.441. The van der Waals surface area contributed by atoms with E-state index in [2.05, 4.69) is 0 Å². The Morgan fingerprint density at radius 1 is 1.33 bits per heavy atom. The van der Waals surface area contributed by atoms with Gasteiger partial charge in [-0.2, -0.15) is 0 Å². The van der Waals surface area contributed by atoms with Crippen molar-refractivity contribution < 1.29 is 9.72 Å². The Balaban J connectivity index is 2.83. The van der Waals surface area contributed by atoms with E-state index in [1.807, 2.05) is 13.8 Å². The first-order valence-corrected chi connectivity index (χ1v) is 5.63. The fourth-order valence-electron chi connectivity index (χ4n) is 1.51. The van der Waals surface area contributed by atoms with Gasteiger partial charge in [0.2, 0.25) is 5.91 Å². The number of carbonyl (C=O) groups is 1. The number of benzene rings is 1. The van der Waals surface area contributed by atoms with Crippen LogP contribution in [0.3, 0.4) is 0 Å². The number of non-ortho nitro benzene ring substituents is 1. The molecule has 0 bridgehead atoms. The summed E-state index contributed by atoms with van der Waals surface area (Å²) in [6.07, 6.45) is 3.44. The summed E-state index contributed by atoms with van der Waals surface area (Å²) in [4.78, 5) is 23.0. The maximum Gasteiger partial charge on any atom is 0.269 e. The lowest BCUT2D eigenvalue weighted by atomic mass is 10.2. The van der Waals surface area contributed by atoms with Crippen LogP contribution in [0.15, 0.2) is 30.5 Å². The molecule has 0 spiro atoms. The van der Waals surface area contributed by atoms with Gasteiger partial charge in [-0.05, 0) is 37.6 Å². The molecule has 0 N–H and O–H groups in total. The number of carbonyl (C=O) groups excluding carboxylic acids is 1. The maximum absolute atomic E-state index is 11.3. The van der Waals surface area contributed by atoms with Gasteiger partial charge in [0.1, 0.15) is 0 Å². The van der Waals surface area contributed by atoms with E-state index in [1.54, 1.807) is 29.3 Å². The van der Waals surface area contributed by atoms with Gasteiger partial charge in [-0.1, -0.05) is 0 Å². The number of nitrogens with zero attached hydrogens (tertiary/aromatic N) is 2. The number of nitro groups is 1. The Kier molecular flexibility index (Phi) is 4.59. The van der Waals surface area contributed by atoms with E-state index in [1.165, 1.54) is 19.1 Å². The molecule has 1 amide bonds. The van der Waals surface area contributed by atoms with Crippen molar-refractivity contribution in [2.75, 3.05) is 0 Å². The van der Waals surface area contributed by atoms with Crippen molar-refractivity contribution in [3.63, 3.8) is 0 Å². The van der Waals surface area contributed by atoms with E-state index in [0.717, 1.165) is 5.56 Å². The fourth-order valence-corrected chi connectivity index (χ4v) is 1.51. The lowest BCUT2D eigenvalue weighted by molar-refractivity contribution is -0.384. The SMILES string of the molecule is CC(=O)N(/C=C/c1ccc([N+](=O)[O-])cc1)C(C)C. The van der Waals surface area contributed by atoms with E-state index >= 15 is 0 Å². The number of hydrogen-bond donors (Lipinski definition) is 0. The lowest BCUT2D eigenvalue weighted by Crippen LogP contribution is -2.29. The van der Waals surface area contributed by atoms with Crippen molar-refractivity contribution in [2.45, 2.75) is 26.8 Å². The summed E-state index contributed by atoms with van der Waals surface area (Å²) < 4.78 is 0. The molecule has 1 aromatic rings. The second-order valence-corrected chi connectivity index (χ2v) is 4.18. The zero-order valence-electron chi connectivity index (χ0n) is 10.7. The Morgan fingerprint density at radius 2 is 1.89 bits per heavy atom. The van der Waals surface area contributed by atoms with Gasteiger partial charge in [-0.3, -0.25) is 14.9 Å². The third kappa shape index (κ3) is 3.69. The van der Waals surface area contributed by atoms with Crippen molar-refractivity contribution in [3.05, 3.63) is 46.1 Å². The summed E-state index contributed by atoms with van der Waals surface area (Å²) in [5.41, 5.74) is 0.868. The Morgan fingerprint density at radius 3 is 2.28 bits per heavy atom. The number of amides is 1. The maximum atomic E-state index is 11.3. The van der Waals surface area contributed by atoms with Crippen LogP contribution in [0.1, 0.15) is 26.3 Å². The smallest absolute Gasteiger partial charge is 0.269 e. The molecular formula is C13H16N2O3. The van der Waals surface area contributed by atoms with Gasteiger partial charge in [0.05, 0.1) is 4.92 Å². The Hall–Kier alpha value is -2.17. The van der Waals surface area contributed by atoms with Gasteiger partial charge in [0.15, 0.2) is 0 Å². The average molecular weight is 248 g/mol. The molecule has 1 rings (SSSR count). The normalized spacial score (nSPS) is 10.9. The first kappa shape index (κ1) is 13.9. The van der Waals surface area contributed by atoms with Crippen molar-refractivity contribution >= 4 is 17.7 Å². The quantitative estimate of drug-likeness (QED) is 0.608. The zero-order chi connectivity index (χ0) is 13.7. The van der Waals surface area contributed by atoms with E-state index in [4.69, 9.17) is 0 Å². The van der Waals surface area contributed by atoms with Gasteiger partial charge < -0.3 is 4.90 Å². The van der Waals surface area contributed by atoms with Crippen molar-refractivity contribution in [1.29, 1.82) is 0 Å². The molecule has 0 radical (unpaired) electrons. The largest absolute Gasteiger partial charge is 0.317 e. The summed E-state index contributed by atoms with van der Waals surface area (Å²) in [5.74, 6) is -0.0387. The van der Waals surface area contributed by atoms with Crippen LogP contribution in [-0.2, 0) is 4.79 Å². The molecule has 0 aliphatic heterocycles. The van der Waals surface area contributed by atoms with Crippen LogP contribution in [0.5, 0.6) is 0 Å². The molecule has 0 unspecified atom stereocenters. The molecule has 0 heterocycles. The second kappa shape index (κ2) is 5.95. The molecule has 0 atom stereocenters. The molecule has 0 saturated heterocycles. The van der Waals surface area contributed by atoms with Gasteiger partial charge in [-0.25, -0.2) is 0 Å². The van der Waals surface area contributed by atoms with Crippen molar-refractivity contribution in [2.24, 2.45) is 0 Å². The van der Waals surface area contributed by atoms with Crippen LogP contribution in [0, 0.1) is 10.1 Å². The van der Waals surface area contributed by atoms with Crippen LogP contribution < -0.4 is 0 Å². The van der Waals surface area contributed by atoms with Crippen LogP contribution >= 0.6 is 0 Å². The predicted octanol–water partition coefficient (Wildman–Crippen LogP) is 2.82. The third-order valence-electron chi connectivity index (χ3n) is 2.45. The van der Waals surface area contributed by atoms with Gasteiger partial charge in [-0.15, -0.1) is 0 Å². The zero-order valence-corrected chi connectivity index (χ0v) is 10.7. The minimum absolute atomic E-state index is 0.0387. The lowest BCUT2D eigenvalue weighted by Gasteiger charge is -2.20. The fraction of sp³-hybridized carbons (Fsp3) is 0.308. The standard InChI is InChI=1S/C13H16N2O3/c1-10(2)14(11(3)16)9-8-12-4-6-13(7-5-12)15(17)18/h4-10H,1-3H3/b9-8+. The monoisotopic (exact) mass is 248 g/mol. The molecule has 0 aromatic heterocycles. The highest BCUT2D eigenvalue weighted by Gasteiger charge is 2.08. The molecule has 18 heavy (non-hydrogen) atoms. The molecule has 0 aliphatic carbocycles. The van der Waals surface area contributed by atoms with Crippen molar-refractivity contribution in [1.82, 2.24) is 4.90 Å². The van der Waals surface area contributed by atoms with E-state index in [9.17, 15) is 14.9 Å². The highest BCUT2D eigenvalue weighted by atomic mass is 16.6. The molecule has 1 aromatic carbocycles. The third-order valence-corrected chi connectivity index (χ3v) is 2.45. The van der Waals surface area contributed by atoms with E-state index in [0.29, 0.717) is 0 Å². The molecule has 0 fully saturated rings. The summed E-state index contributed by atoms with van der Waals surface area (Å²) in [6, 6.07) is 6.25. The first-order valence-electron chi connectivity index (χ1n) is 5.63. The number of rotatable bonds is 4. The first-order chi connectivity index (χ1) is 8.41. The van der Waals surface area contributed by atoms with Gasteiger partial charge in [0, 0.05) is 31.3 Å². The highest BCUT2D eigenvalue weighted by Crippen LogP contribution is 2.13. The molecule has 0 saturated carbocycles. The van der Waals surface area contributed by atoms with Gasteiger partial charge >= 0.3 is 0 Å². The number of hydrogen-bond acceptors (Lipinski definition) is 3. The van der Waals surface area contributed by atoms with Gasteiger partial charge in [0.25, 0.3) is 5.69 Å². The summed E-state index contributed by atoms with van der Waals surface area (Å²) in [6.45, 7) is 5.34. The molecular weight excluding hydrogens is 232 g/mol. The van der Waals surface area contributed by atoms with Crippen LogP contribution in [0.4, 0.5) is 5.69 Å². The Labute approximate surface area is 106 Å². The van der Waals surface area contributed by atoms with Crippen LogP contribution in [-0.4, -0.2) is 21.8 Å². The minimum Gasteiger partial charge on any atom is -0.317 e. The molecule has 5 nitrogen and oxygen atoms in total. The molecule has 5 heteroatoms. The van der Waals surface area contributed by atoms with Crippen LogP contribution in [0.25, 0.3) is 6.08 Å². The Bertz CT molecular complexity index is 464. The molecule has 0 aliphatic rings. The predicted molar refractivity (Wildman–Crippen MR) is 69.8 cm³/mol. The van der Waals surface area contributed by atoms with Crippen LogP contribution in [0.2, 0.25) is 0 Å². The van der Waals surface area contributed by atoms with E-state index < -0.39 is 4.92 Å². The number of nitro benzene ring substituents is 1. The summed E-state index contributed by atoms with van der Waals surface area (Å²) >= 11 is 0. The summed E-state index contributed by atoms with van der Waals surface area (Å²) in [7, 11) is 0. The molecule has 96 valence electrons. The van der Waals surface area contributed by atoms with Crippen molar-refractivity contribution in [3.8, 4) is 0 Å². The summed E-state index contributed by atoms with van der Waals surface area (Å²) in [5, 5.41) is 10.5. The topological polar surface area (TPSA) is 63.5 Å². The van der Waals surface area contributed by atoms with E-state index in [-0.39, 0.29) is 17.6 Å². The average Bonchev–Trinajstić information content (AvgIpc) is 2.28.